The molecule has 27 heavy (non-hydrogen) atoms. The second-order valence-corrected chi connectivity index (χ2v) is 6.78. The summed E-state index contributed by atoms with van der Waals surface area (Å²) in [6.45, 7) is 1.20. The number of H-pyrrole nitrogens is 1. The zero-order chi connectivity index (χ0) is 19.4. The third-order valence-corrected chi connectivity index (χ3v) is 4.95. The van der Waals surface area contributed by atoms with E-state index in [1.165, 1.54) is 0 Å². The van der Waals surface area contributed by atoms with Crippen molar-refractivity contribution in [2.45, 2.75) is 25.3 Å². The maximum absolute atomic E-state index is 12.2. The van der Waals surface area contributed by atoms with E-state index in [0.29, 0.717) is 29.4 Å². The van der Waals surface area contributed by atoms with Gasteiger partial charge in [-0.05, 0) is 24.5 Å². The first-order chi connectivity index (χ1) is 13.0. The Morgan fingerprint density at radius 1 is 1.41 bits per heavy atom. The molecule has 0 bridgehead atoms. The molecule has 2 amide bonds. The molecule has 2 aromatic rings. The van der Waals surface area contributed by atoms with Crippen LogP contribution in [0, 0.1) is 0 Å². The molecule has 0 saturated carbocycles. The molecule has 1 aliphatic rings. The number of nitrogen functional groups attached to an aromatic ring is 1. The second kappa shape index (κ2) is 8.28. The summed E-state index contributed by atoms with van der Waals surface area (Å²) in [7, 11) is 0. The number of aromatic amines is 1. The first-order valence-corrected chi connectivity index (χ1v) is 8.93. The van der Waals surface area contributed by atoms with Gasteiger partial charge in [-0.15, -0.1) is 0 Å². The molecule has 1 saturated heterocycles. The van der Waals surface area contributed by atoms with E-state index in [0.717, 1.165) is 24.9 Å². The standard InChI is InChI=1S/C17H21ClN6O3/c18-13-6-2-1-4-10(13)8-12-14(16(25)21-19)22-23-15(12)24-7-3-5-11(9-24)20-17(26)27/h1-2,4,6,11,20H,3,5,7-9,19H2,(H,21,25)(H,22,23)(H,26,27)/t11-/m1/s1. The number of carboxylic acid groups (broad SMARTS) is 1. The third kappa shape index (κ3) is 4.32. The van der Waals surface area contributed by atoms with E-state index in [2.05, 4.69) is 20.9 Å². The van der Waals surface area contributed by atoms with Gasteiger partial charge in [-0.2, -0.15) is 5.10 Å². The van der Waals surface area contributed by atoms with Crippen LogP contribution < -0.4 is 21.5 Å². The molecule has 1 aliphatic heterocycles. The van der Waals surface area contributed by atoms with Crippen molar-refractivity contribution in [1.82, 2.24) is 20.9 Å². The van der Waals surface area contributed by atoms with Crippen LogP contribution in [0.2, 0.25) is 5.02 Å². The smallest absolute Gasteiger partial charge is 0.404 e. The largest absolute Gasteiger partial charge is 0.465 e. The number of nitrogens with zero attached hydrogens (tertiary/aromatic N) is 2. The van der Waals surface area contributed by atoms with Crippen LogP contribution in [-0.2, 0) is 6.42 Å². The minimum atomic E-state index is -1.05. The molecule has 0 unspecified atom stereocenters. The topological polar surface area (TPSA) is 136 Å². The number of benzene rings is 1. The van der Waals surface area contributed by atoms with E-state index in [1.54, 1.807) is 6.07 Å². The van der Waals surface area contributed by atoms with E-state index in [-0.39, 0.29) is 11.7 Å². The summed E-state index contributed by atoms with van der Waals surface area (Å²) in [6, 6.07) is 7.18. The van der Waals surface area contributed by atoms with Crippen LogP contribution in [0.3, 0.4) is 0 Å². The lowest BCUT2D eigenvalue weighted by atomic mass is 10.0. The Morgan fingerprint density at radius 2 is 2.19 bits per heavy atom. The summed E-state index contributed by atoms with van der Waals surface area (Å²) in [5.74, 6) is 5.46. The number of halogens is 1. The molecule has 0 radical (unpaired) electrons. The van der Waals surface area contributed by atoms with E-state index in [1.807, 2.05) is 23.1 Å². The number of carbonyl (C=O) groups excluding carboxylic acids is 1. The highest BCUT2D eigenvalue weighted by molar-refractivity contribution is 6.31. The number of hydrogen-bond acceptors (Lipinski definition) is 5. The Balaban J connectivity index is 1.93. The molecule has 1 aromatic heterocycles. The number of anilines is 1. The van der Waals surface area contributed by atoms with Gasteiger partial charge in [0.15, 0.2) is 5.69 Å². The predicted molar refractivity (Wildman–Crippen MR) is 101 cm³/mol. The lowest BCUT2D eigenvalue weighted by Gasteiger charge is -2.33. The summed E-state index contributed by atoms with van der Waals surface area (Å²) in [5, 5.41) is 19.1. The monoisotopic (exact) mass is 392 g/mol. The first-order valence-electron chi connectivity index (χ1n) is 8.55. The Morgan fingerprint density at radius 3 is 2.89 bits per heavy atom. The van der Waals surface area contributed by atoms with Crippen molar-refractivity contribution >= 4 is 29.4 Å². The van der Waals surface area contributed by atoms with Crippen LogP contribution in [0.1, 0.15) is 34.5 Å². The van der Waals surface area contributed by atoms with E-state index in [9.17, 15) is 9.59 Å². The van der Waals surface area contributed by atoms with Crippen molar-refractivity contribution in [3.8, 4) is 0 Å². The highest BCUT2D eigenvalue weighted by atomic mass is 35.5. The average molecular weight is 393 g/mol. The number of nitrogens with two attached hydrogens (primary N) is 1. The molecule has 1 aromatic carbocycles. The molecule has 10 heteroatoms. The fourth-order valence-electron chi connectivity index (χ4n) is 3.35. The molecule has 9 nitrogen and oxygen atoms in total. The molecular formula is C17H21ClN6O3. The number of nitrogens with one attached hydrogen (secondary N) is 3. The van der Waals surface area contributed by atoms with Crippen LogP contribution in [0.25, 0.3) is 0 Å². The van der Waals surface area contributed by atoms with Crippen molar-refractivity contribution in [2.75, 3.05) is 18.0 Å². The lowest BCUT2D eigenvalue weighted by Crippen LogP contribution is -2.47. The molecule has 3 rings (SSSR count). The summed E-state index contributed by atoms with van der Waals surface area (Å²) in [6.07, 6.45) is 0.911. The molecule has 1 fully saturated rings. The Labute approximate surface area is 160 Å². The van der Waals surface area contributed by atoms with Crippen molar-refractivity contribution in [3.63, 3.8) is 0 Å². The number of hydrogen-bond donors (Lipinski definition) is 5. The van der Waals surface area contributed by atoms with Crippen LogP contribution in [0.15, 0.2) is 24.3 Å². The predicted octanol–water partition coefficient (Wildman–Crippen LogP) is 1.49. The summed E-state index contributed by atoms with van der Waals surface area (Å²) >= 11 is 6.28. The van der Waals surface area contributed by atoms with Gasteiger partial charge in [0.2, 0.25) is 0 Å². The van der Waals surface area contributed by atoms with E-state index < -0.39 is 12.0 Å². The summed E-state index contributed by atoms with van der Waals surface area (Å²) < 4.78 is 0. The fraction of sp³-hybridized carbons (Fsp3) is 0.353. The van der Waals surface area contributed by atoms with Crippen LogP contribution in [-0.4, -0.2) is 46.4 Å². The number of aromatic nitrogens is 2. The third-order valence-electron chi connectivity index (χ3n) is 4.58. The molecule has 6 N–H and O–H groups in total. The lowest BCUT2D eigenvalue weighted by molar-refractivity contribution is 0.0947. The normalized spacial score (nSPS) is 16.8. The van der Waals surface area contributed by atoms with E-state index >= 15 is 0 Å². The van der Waals surface area contributed by atoms with E-state index in [4.69, 9.17) is 22.6 Å². The second-order valence-electron chi connectivity index (χ2n) is 6.38. The van der Waals surface area contributed by atoms with Gasteiger partial charge in [-0.25, -0.2) is 10.6 Å². The van der Waals surface area contributed by atoms with Crippen molar-refractivity contribution < 1.29 is 14.7 Å². The zero-order valence-corrected chi connectivity index (χ0v) is 15.3. The quantitative estimate of drug-likeness (QED) is 0.297. The fourth-order valence-corrected chi connectivity index (χ4v) is 3.55. The SMILES string of the molecule is NNC(=O)c1n[nH]c(N2CCC[C@@H](NC(=O)O)C2)c1Cc1ccccc1Cl. The average Bonchev–Trinajstić information content (AvgIpc) is 3.06. The number of rotatable bonds is 5. The first kappa shape index (κ1) is 19.0. The number of carbonyl (C=O) groups is 2. The molecule has 0 spiro atoms. The van der Waals surface area contributed by atoms with Crippen LogP contribution in [0.5, 0.6) is 0 Å². The number of hydrazine groups is 1. The van der Waals surface area contributed by atoms with Gasteiger partial charge >= 0.3 is 6.09 Å². The van der Waals surface area contributed by atoms with Gasteiger partial charge in [0.1, 0.15) is 5.82 Å². The van der Waals surface area contributed by atoms with Gasteiger partial charge in [-0.3, -0.25) is 15.3 Å². The highest BCUT2D eigenvalue weighted by Gasteiger charge is 2.27. The van der Waals surface area contributed by atoms with Gasteiger partial charge in [-0.1, -0.05) is 29.8 Å². The Kier molecular flexibility index (Phi) is 5.82. The molecule has 2 heterocycles. The molecule has 0 aliphatic carbocycles. The van der Waals surface area contributed by atoms with Gasteiger partial charge < -0.3 is 15.3 Å². The Hall–Kier alpha value is -2.78. The minimum Gasteiger partial charge on any atom is -0.465 e. The van der Waals surface area contributed by atoms with Gasteiger partial charge in [0, 0.05) is 36.1 Å². The van der Waals surface area contributed by atoms with Crippen LogP contribution in [0.4, 0.5) is 10.6 Å². The molecule has 144 valence electrons. The maximum Gasteiger partial charge on any atom is 0.404 e. The highest BCUT2D eigenvalue weighted by Crippen LogP contribution is 2.29. The van der Waals surface area contributed by atoms with Crippen LogP contribution >= 0.6 is 11.6 Å². The maximum atomic E-state index is 12.2. The van der Waals surface area contributed by atoms with Gasteiger partial charge in [0.25, 0.3) is 5.91 Å². The van der Waals surface area contributed by atoms with Gasteiger partial charge in [0.05, 0.1) is 0 Å². The zero-order valence-electron chi connectivity index (χ0n) is 14.5. The summed E-state index contributed by atoms with van der Waals surface area (Å²) in [5.41, 5.74) is 3.83. The minimum absolute atomic E-state index is 0.195. The number of amides is 2. The van der Waals surface area contributed by atoms with Crippen molar-refractivity contribution in [2.24, 2.45) is 5.84 Å². The molecular weight excluding hydrogens is 372 g/mol. The van der Waals surface area contributed by atoms with Crippen molar-refractivity contribution in [3.05, 3.63) is 46.1 Å². The Bertz CT molecular complexity index is 840. The summed E-state index contributed by atoms with van der Waals surface area (Å²) in [4.78, 5) is 25.1. The number of piperidine rings is 1. The van der Waals surface area contributed by atoms with Crippen molar-refractivity contribution in [1.29, 1.82) is 0 Å². The molecule has 1 atom stereocenters.